The number of carbonyl (C=O) groups is 3. The van der Waals surface area contributed by atoms with E-state index in [1.54, 1.807) is 60.5 Å². The van der Waals surface area contributed by atoms with E-state index in [1.807, 2.05) is 13.8 Å². The van der Waals surface area contributed by atoms with Gasteiger partial charge in [0.2, 0.25) is 5.91 Å². The minimum absolute atomic E-state index is 0.0506. The third kappa shape index (κ3) is 6.10. The Labute approximate surface area is 194 Å². The number of amides is 3. The molecule has 2 aromatic carbocycles. The van der Waals surface area contributed by atoms with Crippen molar-refractivity contribution in [2.45, 2.75) is 26.3 Å². The van der Waals surface area contributed by atoms with Gasteiger partial charge in [-0.3, -0.25) is 14.4 Å². The first-order chi connectivity index (χ1) is 15.9. The Bertz CT molecular complexity index is 970. The number of methoxy groups -OCH3 is 1. The highest BCUT2D eigenvalue weighted by molar-refractivity contribution is 6.09. The summed E-state index contributed by atoms with van der Waals surface area (Å²) in [7, 11) is 1.56. The summed E-state index contributed by atoms with van der Waals surface area (Å²) in [5.74, 6) is -0.272. The fourth-order valence-electron chi connectivity index (χ4n) is 3.61. The monoisotopic (exact) mass is 453 g/mol. The normalized spacial score (nSPS) is 15.3. The molecular formula is C25H31N3O5. The number of nitrogens with one attached hydrogen (secondary N) is 2. The van der Waals surface area contributed by atoms with Gasteiger partial charge < -0.3 is 25.0 Å². The topological polar surface area (TPSA) is 97.0 Å². The summed E-state index contributed by atoms with van der Waals surface area (Å²) < 4.78 is 10.5. The van der Waals surface area contributed by atoms with Crippen molar-refractivity contribution >= 4 is 23.4 Å². The lowest BCUT2D eigenvalue weighted by atomic mass is 9.97. The zero-order valence-corrected chi connectivity index (χ0v) is 19.3. The van der Waals surface area contributed by atoms with Crippen molar-refractivity contribution in [2.75, 3.05) is 38.7 Å². The molecule has 1 aliphatic heterocycles. The molecule has 2 atom stereocenters. The second-order valence-electron chi connectivity index (χ2n) is 8.00. The number of morpholine rings is 1. The molecule has 0 unspecified atom stereocenters. The lowest BCUT2D eigenvalue weighted by molar-refractivity contribution is -0.138. The Morgan fingerprint density at radius 3 is 2.33 bits per heavy atom. The largest absolute Gasteiger partial charge is 0.497 e. The molecule has 0 aromatic heterocycles. The molecule has 2 N–H and O–H groups in total. The molecule has 0 spiro atoms. The van der Waals surface area contributed by atoms with Crippen LogP contribution in [0.1, 0.15) is 41.0 Å². The fraction of sp³-hybridized carbons (Fsp3) is 0.400. The minimum atomic E-state index is -0.661. The summed E-state index contributed by atoms with van der Waals surface area (Å²) in [4.78, 5) is 40.8. The lowest BCUT2D eigenvalue weighted by Crippen LogP contribution is -2.54. The average Bonchev–Trinajstić information content (AvgIpc) is 2.87. The van der Waals surface area contributed by atoms with Gasteiger partial charge in [-0.1, -0.05) is 32.4 Å². The van der Waals surface area contributed by atoms with E-state index in [1.165, 1.54) is 0 Å². The van der Waals surface area contributed by atoms with Crippen molar-refractivity contribution in [2.24, 2.45) is 5.92 Å². The van der Waals surface area contributed by atoms with E-state index in [0.29, 0.717) is 48.9 Å². The Morgan fingerprint density at radius 1 is 1.03 bits per heavy atom. The maximum absolute atomic E-state index is 13.2. The van der Waals surface area contributed by atoms with Crippen LogP contribution in [0.2, 0.25) is 0 Å². The SMILES string of the molecule is CC[C@H](C)[C@@H](NC(=O)c1ccccc1NC(=O)c1ccc(OC)cc1)C(=O)N1CCOCC1. The van der Waals surface area contributed by atoms with E-state index < -0.39 is 11.9 Å². The van der Waals surface area contributed by atoms with Crippen molar-refractivity contribution in [3.05, 3.63) is 59.7 Å². The molecule has 0 bridgehead atoms. The number of carbonyl (C=O) groups excluding carboxylic acids is 3. The average molecular weight is 454 g/mol. The van der Waals surface area contributed by atoms with Crippen LogP contribution in [0.4, 0.5) is 5.69 Å². The van der Waals surface area contributed by atoms with E-state index >= 15 is 0 Å². The van der Waals surface area contributed by atoms with Gasteiger partial charge in [0, 0.05) is 18.7 Å². The van der Waals surface area contributed by atoms with Crippen LogP contribution < -0.4 is 15.4 Å². The number of nitrogens with zero attached hydrogens (tertiary/aromatic N) is 1. The number of anilines is 1. The molecule has 2 aromatic rings. The van der Waals surface area contributed by atoms with Gasteiger partial charge in [-0.25, -0.2) is 0 Å². The molecule has 1 fully saturated rings. The fourth-order valence-corrected chi connectivity index (χ4v) is 3.61. The highest BCUT2D eigenvalue weighted by Gasteiger charge is 2.31. The number of rotatable bonds is 8. The molecule has 8 heteroatoms. The summed E-state index contributed by atoms with van der Waals surface area (Å²) in [5, 5.41) is 5.71. The molecule has 3 amide bonds. The molecule has 0 saturated carbocycles. The van der Waals surface area contributed by atoms with Crippen LogP contribution in [0.3, 0.4) is 0 Å². The Hall–Kier alpha value is -3.39. The summed E-state index contributed by atoms with van der Waals surface area (Å²) in [5.41, 5.74) is 1.10. The van der Waals surface area contributed by atoms with Gasteiger partial charge in [0.1, 0.15) is 11.8 Å². The quantitative estimate of drug-likeness (QED) is 0.641. The van der Waals surface area contributed by atoms with Crippen molar-refractivity contribution in [3.63, 3.8) is 0 Å². The van der Waals surface area contributed by atoms with Crippen molar-refractivity contribution in [3.8, 4) is 5.75 Å². The Kier molecular flexibility index (Phi) is 8.43. The predicted octanol–water partition coefficient (Wildman–Crippen LogP) is 2.95. The third-order valence-electron chi connectivity index (χ3n) is 5.86. The third-order valence-corrected chi connectivity index (χ3v) is 5.86. The number of hydrogen-bond donors (Lipinski definition) is 2. The first kappa shape index (κ1) is 24.3. The van der Waals surface area contributed by atoms with Crippen molar-refractivity contribution < 1.29 is 23.9 Å². The first-order valence-corrected chi connectivity index (χ1v) is 11.2. The van der Waals surface area contributed by atoms with Crippen LogP contribution in [0.15, 0.2) is 48.5 Å². The second kappa shape index (κ2) is 11.5. The second-order valence-corrected chi connectivity index (χ2v) is 8.00. The number of hydrogen-bond acceptors (Lipinski definition) is 5. The molecule has 8 nitrogen and oxygen atoms in total. The predicted molar refractivity (Wildman–Crippen MR) is 125 cm³/mol. The van der Waals surface area contributed by atoms with Gasteiger partial charge in [-0.2, -0.15) is 0 Å². The zero-order chi connectivity index (χ0) is 23.8. The first-order valence-electron chi connectivity index (χ1n) is 11.2. The van der Waals surface area contributed by atoms with E-state index in [2.05, 4.69) is 10.6 Å². The van der Waals surface area contributed by atoms with Gasteiger partial charge in [0.15, 0.2) is 0 Å². The van der Waals surface area contributed by atoms with E-state index in [9.17, 15) is 14.4 Å². The molecule has 1 aliphatic rings. The van der Waals surface area contributed by atoms with Gasteiger partial charge in [0.05, 0.1) is 31.6 Å². The molecule has 3 rings (SSSR count). The van der Waals surface area contributed by atoms with Crippen molar-refractivity contribution in [1.82, 2.24) is 10.2 Å². The van der Waals surface area contributed by atoms with Crippen LogP contribution in [0.5, 0.6) is 5.75 Å². The molecule has 33 heavy (non-hydrogen) atoms. The van der Waals surface area contributed by atoms with Crippen LogP contribution in [-0.4, -0.2) is 62.1 Å². The van der Waals surface area contributed by atoms with E-state index in [-0.39, 0.29) is 17.7 Å². The van der Waals surface area contributed by atoms with Gasteiger partial charge in [-0.15, -0.1) is 0 Å². The Morgan fingerprint density at radius 2 is 1.70 bits per heavy atom. The maximum atomic E-state index is 13.2. The van der Waals surface area contributed by atoms with Crippen LogP contribution in [0.25, 0.3) is 0 Å². The summed E-state index contributed by atoms with van der Waals surface area (Å²) in [6.45, 7) is 5.94. The van der Waals surface area contributed by atoms with Crippen molar-refractivity contribution in [1.29, 1.82) is 0 Å². The number of para-hydroxylation sites is 1. The molecule has 1 heterocycles. The van der Waals surface area contributed by atoms with Gasteiger partial charge >= 0.3 is 0 Å². The lowest BCUT2D eigenvalue weighted by Gasteiger charge is -2.33. The zero-order valence-electron chi connectivity index (χ0n) is 19.3. The van der Waals surface area contributed by atoms with Gasteiger partial charge in [-0.05, 0) is 42.3 Å². The summed E-state index contributed by atoms with van der Waals surface area (Å²) >= 11 is 0. The molecule has 0 radical (unpaired) electrons. The van der Waals surface area contributed by atoms with Crippen LogP contribution in [0, 0.1) is 5.92 Å². The highest BCUT2D eigenvalue weighted by Crippen LogP contribution is 2.19. The minimum Gasteiger partial charge on any atom is -0.497 e. The van der Waals surface area contributed by atoms with Crippen LogP contribution >= 0.6 is 0 Å². The summed E-state index contributed by atoms with van der Waals surface area (Å²) in [6, 6.07) is 12.8. The molecule has 0 aliphatic carbocycles. The van der Waals surface area contributed by atoms with Gasteiger partial charge in [0.25, 0.3) is 11.8 Å². The Balaban J connectivity index is 1.76. The molecule has 176 valence electrons. The molecular weight excluding hydrogens is 422 g/mol. The highest BCUT2D eigenvalue weighted by atomic mass is 16.5. The summed E-state index contributed by atoms with van der Waals surface area (Å²) in [6.07, 6.45) is 0.733. The number of ether oxygens (including phenoxy) is 2. The molecule has 1 saturated heterocycles. The smallest absolute Gasteiger partial charge is 0.255 e. The van der Waals surface area contributed by atoms with Crippen LogP contribution in [-0.2, 0) is 9.53 Å². The number of benzene rings is 2. The standard InChI is InChI=1S/C25H31N3O5/c1-4-17(2)22(25(31)28-13-15-33-16-14-28)27-24(30)20-7-5-6-8-21(20)26-23(29)18-9-11-19(32-3)12-10-18/h5-12,17,22H,4,13-16H2,1-3H3,(H,26,29)(H,27,30)/t17-,22+/m0/s1. The van der Waals surface area contributed by atoms with E-state index in [4.69, 9.17) is 9.47 Å². The van der Waals surface area contributed by atoms with E-state index in [0.717, 1.165) is 6.42 Å². The maximum Gasteiger partial charge on any atom is 0.255 e.